The number of hydrogen-bond donors (Lipinski definition) is 2. The Morgan fingerprint density at radius 3 is 2.20 bits per heavy atom. The summed E-state index contributed by atoms with van der Waals surface area (Å²) in [5, 5.41) is 5.65. The highest BCUT2D eigenvalue weighted by atomic mass is 16.2. The van der Waals surface area contributed by atoms with Crippen molar-refractivity contribution in [3.05, 3.63) is 65.7 Å². The molecule has 25 heavy (non-hydrogen) atoms. The maximum absolute atomic E-state index is 12.2. The number of anilines is 1. The van der Waals surface area contributed by atoms with E-state index < -0.39 is 0 Å². The first-order valence-corrected chi connectivity index (χ1v) is 8.56. The summed E-state index contributed by atoms with van der Waals surface area (Å²) in [5.41, 5.74) is 2.89. The number of amides is 2. The Labute approximate surface area is 149 Å². The minimum atomic E-state index is -0.297. The van der Waals surface area contributed by atoms with Gasteiger partial charge in [-0.05, 0) is 29.0 Å². The Morgan fingerprint density at radius 2 is 1.52 bits per heavy atom. The van der Waals surface area contributed by atoms with Crippen LogP contribution >= 0.6 is 0 Å². The number of benzene rings is 2. The minimum absolute atomic E-state index is 0.0815. The van der Waals surface area contributed by atoms with Gasteiger partial charge >= 0.3 is 0 Å². The van der Waals surface area contributed by atoms with Crippen LogP contribution in [0, 0.1) is 0 Å². The maximum atomic E-state index is 12.2. The molecule has 0 aromatic heterocycles. The van der Waals surface area contributed by atoms with E-state index in [2.05, 4.69) is 31.4 Å². The molecule has 132 valence electrons. The average molecular weight is 338 g/mol. The summed E-state index contributed by atoms with van der Waals surface area (Å²) in [7, 11) is 0. The van der Waals surface area contributed by atoms with Crippen LogP contribution in [0.4, 0.5) is 5.69 Å². The molecular weight excluding hydrogens is 312 g/mol. The van der Waals surface area contributed by atoms with Crippen molar-refractivity contribution in [2.75, 3.05) is 11.9 Å². The second-order valence-electron chi connectivity index (χ2n) is 7.11. The Kier molecular flexibility index (Phi) is 6.34. The van der Waals surface area contributed by atoms with Crippen molar-refractivity contribution in [2.45, 2.75) is 39.0 Å². The molecule has 0 aliphatic heterocycles. The molecule has 0 saturated heterocycles. The Hall–Kier alpha value is -2.62. The molecule has 2 rings (SSSR count). The highest BCUT2D eigenvalue weighted by Crippen LogP contribution is 2.29. The standard InChI is InChI=1S/C21H26N2O2/c1-21(2,3)17-11-7-8-12-18(17)23-20(25)15-19(24)22-14-13-16-9-5-4-6-10-16/h4-12H,13-15H2,1-3H3,(H,22,24)(H,23,25). The topological polar surface area (TPSA) is 58.2 Å². The molecule has 0 aliphatic carbocycles. The third-order valence-corrected chi connectivity index (χ3v) is 3.91. The molecular formula is C21H26N2O2. The van der Waals surface area contributed by atoms with E-state index in [0.717, 1.165) is 23.2 Å². The molecule has 2 aromatic carbocycles. The predicted molar refractivity (Wildman–Crippen MR) is 102 cm³/mol. The van der Waals surface area contributed by atoms with Crippen LogP contribution in [0.5, 0.6) is 0 Å². The maximum Gasteiger partial charge on any atom is 0.233 e. The molecule has 2 amide bonds. The second kappa shape index (κ2) is 8.47. The van der Waals surface area contributed by atoms with Gasteiger partial charge in [-0.25, -0.2) is 0 Å². The van der Waals surface area contributed by atoms with Gasteiger partial charge in [0.25, 0.3) is 0 Å². The van der Waals surface area contributed by atoms with Gasteiger partial charge in [0.2, 0.25) is 11.8 Å². The predicted octanol–water partition coefficient (Wildman–Crippen LogP) is 3.67. The largest absolute Gasteiger partial charge is 0.355 e. The van der Waals surface area contributed by atoms with Crippen LogP contribution in [0.1, 0.15) is 38.3 Å². The highest BCUT2D eigenvalue weighted by Gasteiger charge is 2.19. The van der Waals surface area contributed by atoms with E-state index in [9.17, 15) is 9.59 Å². The lowest BCUT2D eigenvalue weighted by Crippen LogP contribution is -2.30. The van der Waals surface area contributed by atoms with Gasteiger partial charge in [0.05, 0.1) is 0 Å². The van der Waals surface area contributed by atoms with Gasteiger partial charge in [-0.3, -0.25) is 9.59 Å². The molecule has 0 saturated carbocycles. The smallest absolute Gasteiger partial charge is 0.233 e. The van der Waals surface area contributed by atoms with Crippen molar-refractivity contribution < 1.29 is 9.59 Å². The summed E-state index contributed by atoms with van der Waals surface area (Å²) in [6.45, 7) is 6.80. The van der Waals surface area contributed by atoms with Crippen molar-refractivity contribution in [3.8, 4) is 0 Å². The number of hydrogen-bond acceptors (Lipinski definition) is 2. The van der Waals surface area contributed by atoms with E-state index in [1.165, 1.54) is 0 Å². The number of carbonyl (C=O) groups is 2. The second-order valence-corrected chi connectivity index (χ2v) is 7.11. The molecule has 2 N–H and O–H groups in total. The normalized spacial score (nSPS) is 11.0. The van der Waals surface area contributed by atoms with E-state index in [0.29, 0.717) is 6.54 Å². The van der Waals surface area contributed by atoms with Crippen LogP contribution in [0.3, 0.4) is 0 Å². The summed E-state index contributed by atoms with van der Waals surface area (Å²) in [4.78, 5) is 24.1. The first-order chi connectivity index (χ1) is 11.9. The Morgan fingerprint density at radius 1 is 0.880 bits per heavy atom. The van der Waals surface area contributed by atoms with Gasteiger partial charge in [0.15, 0.2) is 0 Å². The molecule has 0 heterocycles. The first-order valence-electron chi connectivity index (χ1n) is 8.56. The van der Waals surface area contributed by atoms with Crippen LogP contribution in [0.15, 0.2) is 54.6 Å². The minimum Gasteiger partial charge on any atom is -0.355 e. The van der Waals surface area contributed by atoms with Gasteiger partial charge in [0, 0.05) is 12.2 Å². The van der Waals surface area contributed by atoms with Crippen LogP contribution < -0.4 is 10.6 Å². The van der Waals surface area contributed by atoms with E-state index in [1.54, 1.807) is 0 Å². The SMILES string of the molecule is CC(C)(C)c1ccccc1NC(=O)CC(=O)NCCc1ccccc1. The molecule has 0 unspecified atom stereocenters. The van der Waals surface area contributed by atoms with Gasteiger partial charge in [-0.2, -0.15) is 0 Å². The van der Waals surface area contributed by atoms with Gasteiger partial charge < -0.3 is 10.6 Å². The molecule has 0 radical (unpaired) electrons. The lowest BCUT2D eigenvalue weighted by molar-refractivity contribution is -0.126. The molecule has 4 nitrogen and oxygen atoms in total. The molecule has 0 spiro atoms. The lowest BCUT2D eigenvalue weighted by Gasteiger charge is -2.22. The number of para-hydroxylation sites is 1. The molecule has 0 bridgehead atoms. The zero-order valence-corrected chi connectivity index (χ0v) is 15.1. The van der Waals surface area contributed by atoms with E-state index >= 15 is 0 Å². The fraction of sp³-hybridized carbons (Fsp3) is 0.333. The van der Waals surface area contributed by atoms with E-state index in [4.69, 9.17) is 0 Å². The van der Waals surface area contributed by atoms with Crippen molar-refractivity contribution in [1.29, 1.82) is 0 Å². The summed E-state index contributed by atoms with van der Waals surface area (Å²) in [6.07, 6.45) is 0.578. The zero-order valence-electron chi connectivity index (χ0n) is 15.1. The van der Waals surface area contributed by atoms with Gasteiger partial charge in [-0.15, -0.1) is 0 Å². The highest BCUT2D eigenvalue weighted by molar-refractivity contribution is 6.03. The molecule has 0 fully saturated rings. The lowest BCUT2D eigenvalue weighted by atomic mass is 9.86. The van der Waals surface area contributed by atoms with Crippen molar-refractivity contribution in [3.63, 3.8) is 0 Å². The monoisotopic (exact) mass is 338 g/mol. The van der Waals surface area contributed by atoms with Gasteiger partial charge in [0.1, 0.15) is 6.42 Å². The molecule has 2 aromatic rings. The molecule has 0 atom stereocenters. The zero-order chi connectivity index (χ0) is 18.3. The van der Waals surface area contributed by atoms with E-state index in [1.807, 2.05) is 54.6 Å². The number of carbonyl (C=O) groups excluding carboxylic acids is 2. The Bertz CT molecular complexity index is 718. The fourth-order valence-electron chi connectivity index (χ4n) is 2.64. The van der Waals surface area contributed by atoms with Crippen molar-refractivity contribution in [2.24, 2.45) is 0 Å². The van der Waals surface area contributed by atoms with Gasteiger partial charge in [-0.1, -0.05) is 69.3 Å². The summed E-state index contributed by atoms with van der Waals surface area (Å²) in [5.74, 6) is -0.560. The Balaban J connectivity index is 1.83. The summed E-state index contributed by atoms with van der Waals surface area (Å²) >= 11 is 0. The van der Waals surface area contributed by atoms with Crippen LogP contribution in [-0.2, 0) is 21.4 Å². The molecule has 4 heteroatoms. The first kappa shape index (κ1) is 18.7. The van der Waals surface area contributed by atoms with Crippen molar-refractivity contribution in [1.82, 2.24) is 5.32 Å². The third kappa shape index (κ3) is 6.07. The van der Waals surface area contributed by atoms with Crippen LogP contribution in [-0.4, -0.2) is 18.4 Å². The summed E-state index contributed by atoms with van der Waals surface area (Å²) < 4.78 is 0. The molecule has 0 aliphatic rings. The fourth-order valence-corrected chi connectivity index (χ4v) is 2.64. The van der Waals surface area contributed by atoms with E-state index in [-0.39, 0.29) is 23.7 Å². The van der Waals surface area contributed by atoms with Crippen molar-refractivity contribution >= 4 is 17.5 Å². The summed E-state index contributed by atoms with van der Waals surface area (Å²) in [6, 6.07) is 17.6. The van der Waals surface area contributed by atoms with Crippen LogP contribution in [0.25, 0.3) is 0 Å². The quantitative estimate of drug-likeness (QED) is 0.790. The average Bonchev–Trinajstić information content (AvgIpc) is 2.55. The number of nitrogens with one attached hydrogen (secondary N) is 2. The number of rotatable bonds is 6. The van der Waals surface area contributed by atoms with Crippen LogP contribution in [0.2, 0.25) is 0 Å². The third-order valence-electron chi connectivity index (χ3n) is 3.91.